The Morgan fingerprint density at radius 3 is 2.41 bits per heavy atom. The molecule has 1 aromatic heterocycles. The average molecular weight is 397 g/mol. The molecule has 1 heterocycles. The van der Waals surface area contributed by atoms with E-state index in [0.717, 1.165) is 10.2 Å². The fourth-order valence-corrected chi connectivity index (χ4v) is 2.56. The first-order valence-corrected chi connectivity index (χ1v) is 8.93. The number of methoxy groups -OCH3 is 1. The van der Waals surface area contributed by atoms with E-state index < -0.39 is 0 Å². The van der Waals surface area contributed by atoms with Crippen molar-refractivity contribution in [3.63, 3.8) is 0 Å². The zero-order valence-electron chi connectivity index (χ0n) is 15.8. The number of carbonyl (C=O) groups excluding carboxylic acids is 1. The Hall–Kier alpha value is -3.68. The molecule has 0 unspecified atom stereocenters. The highest BCUT2D eigenvalue weighted by Gasteiger charge is 2.08. The highest BCUT2D eigenvalue weighted by Crippen LogP contribution is 2.19. The predicted octanol–water partition coefficient (Wildman–Crippen LogP) is 2.25. The number of rotatable bonds is 8. The number of hydrogen-bond donors (Lipinski definition) is 1. The Balaban J connectivity index is 1.55. The van der Waals surface area contributed by atoms with Crippen molar-refractivity contribution in [3.05, 3.63) is 76.8 Å². The van der Waals surface area contributed by atoms with Crippen LogP contribution in [0.5, 0.6) is 11.5 Å². The summed E-state index contributed by atoms with van der Waals surface area (Å²) in [5.41, 5.74) is 0.993. The minimum Gasteiger partial charge on any atom is -0.497 e. The summed E-state index contributed by atoms with van der Waals surface area (Å²) in [5, 5.41) is 6.92. The molecule has 0 aliphatic heterocycles. The number of nitrogens with zero attached hydrogens (tertiary/aromatic N) is 2. The van der Waals surface area contributed by atoms with Crippen molar-refractivity contribution < 1.29 is 18.7 Å². The molecule has 150 valence electrons. The normalized spacial score (nSPS) is 10.4. The van der Waals surface area contributed by atoms with Gasteiger partial charge in [-0.25, -0.2) is 9.07 Å². The quantitative estimate of drug-likeness (QED) is 0.590. The van der Waals surface area contributed by atoms with Gasteiger partial charge in [-0.1, -0.05) is 0 Å². The zero-order chi connectivity index (χ0) is 20.6. The lowest BCUT2D eigenvalue weighted by atomic mass is 10.1. The van der Waals surface area contributed by atoms with Crippen LogP contribution in [0.2, 0.25) is 0 Å². The van der Waals surface area contributed by atoms with Crippen LogP contribution in [0.1, 0.15) is 0 Å². The highest BCUT2D eigenvalue weighted by molar-refractivity contribution is 5.75. The minimum absolute atomic E-state index is 0.209. The van der Waals surface area contributed by atoms with E-state index in [9.17, 15) is 14.0 Å². The smallest absolute Gasteiger partial charge is 0.267 e. The van der Waals surface area contributed by atoms with Gasteiger partial charge < -0.3 is 14.8 Å². The van der Waals surface area contributed by atoms with Crippen molar-refractivity contribution in [1.29, 1.82) is 0 Å². The van der Waals surface area contributed by atoms with Crippen LogP contribution in [0, 0.1) is 5.82 Å². The lowest BCUT2D eigenvalue weighted by Gasteiger charge is -2.09. The highest BCUT2D eigenvalue weighted by atomic mass is 19.1. The third kappa shape index (κ3) is 5.65. The standard InChI is InChI=1S/C21H20FN3O4/c1-28-17-6-2-15(3-7-17)19-10-11-21(27)25(24-19)14-20(26)23-12-13-29-18-8-4-16(22)5-9-18/h2-11H,12-14H2,1H3,(H,23,26). The molecule has 0 atom stereocenters. The summed E-state index contributed by atoms with van der Waals surface area (Å²) in [5.74, 6) is 0.504. The van der Waals surface area contributed by atoms with Crippen LogP contribution in [0.15, 0.2) is 65.5 Å². The van der Waals surface area contributed by atoms with E-state index in [1.54, 1.807) is 25.3 Å². The zero-order valence-corrected chi connectivity index (χ0v) is 15.8. The van der Waals surface area contributed by atoms with Gasteiger partial charge in [-0.2, -0.15) is 5.10 Å². The summed E-state index contributed by atoms with van der Waals surface area (Å²) in [4.78, 5) is 24.1. The van der Waals surface area contributed by atoms with Crippen LogP contribution < -0.4 is 20.3 Å². The summed E-state index contributed by atoms with van der Waals surface area (Å²) in [7, 11) is 1.58. The van der Waals surface area contributed by atoms with Crippen LogP contribution in [-0.2, 0) is 11.3 Å². The maximum Gasteiger partial charge on any atom is 0.267 e. The Kier molecular flexibility index (Phi) is 6.57. The first-order chi connectivity index (χ1) is 14.0. The number of benzene rings is 2. The first-order valence-electron chi connectivity index (χ1n) is 8.93. The molecule has 7 nitrogen and oxygen atoms in total. The van der Waals surface area contributed by atoms with Gasteiger partial charge in [-0.15, -0.1) is 0 Å². The predicted molar refractivity (Wildman–Crippen MR) is 105 cm³/mol. The van der Waals surface area contributed by atoms with E-state index >= 15 is 0 Å². The molecular formula is C21H20FN3O4. The molecular weight excluding hydrogens is 377 g/mol. The van der Waals surface area contributed by atoms with Gasteiger partial charge in [0.2, 0.25) is 5.91 Å². The molecule has 3 aromatic rings. The lowest BCUT2D eigenvalue weighted by molar-refractivity contribution is -0.122. The topological polar surface area (TPSA) is 82.5 Å². The van der Waals surface area contributed by atoms with Gasteiger partial charge >= 0.3 is 0 Å². The molecule has 0 bridgehead atoms. The molecule has 0 fully saturated rings. The molecule has 0 saturated heterocycles. The van der Waals surface area contributed by atoms with Crippen molar-refractivity contribution >= 4 is 5.91 Å². The van der Waals surface area contributed by atoms with Gasteiger partial charge in [-0.05, 0) is 54.6 Å². The van der Waals surface area contributed by atoms with Crippen molar-refractivity contribution in [2.24, 2.45) is 0 Å². The van der Waals surface area contributed by atoms with Crippen molar-refractivity contribution in [2.45, 2.75) is 6.54 Å². The molecule has 0 radical (unpaired) electrons. The number of halogens is 1. The number of ether oxygens (including phenoxy) is 2. The molecule has 3 rings (SSSR count). The van der Waals surface area contributed by atoms with E-state index in [0.29, 0.717) is 17.2 Å². The van der Waals surface area contributed by atoms with E-state index in [2.05, 4.69) is 10.4 Å². The van der Waals surface area contributed by atoms with E-state index in [-0.39, 0.29) is 37.0 Å². The third-order valence-electron chi connectivity index (χ3n) is 4.05. The Morgan fingerprint density at radius 2 is 1.72 bits per heavy atom. The molecule has 0 saturated carbocycles. The maximum absolute atomic E-state index is 12.8. The summed E-state index contributed by atoms with van der Waals surface area (Å²) >= 11 is 0. The Bertz CT molecular complexity index is 1020. The second-order valence-corrected chi connectivity index (χ2v) is 6.10. The fraction of sp³-hybridized carbons (Fsp3) is 0.190. The summed E-state index contributed by atoms with van der Waals surface area (Å²) < 4.78 is 24.5. The number of carbonyl (C=O) groups is 1. The number of hydrogen-bond acceptors (Lipinski definition) is 5. The monoisotopic (exact) mass is 397 g/mol. The lowest BCUT2D eigenvalue weighted by Crippen LogP contribution is -2.35. The second-order valence-electron chi connectivity index (χ2n) is 6.10. The summed E-state index contributed by atoms with van der Waals surface area (Å²) in [6, 6.07) is 15.8. The van der Waals surface area contributed by atoms with Gasteiger partial charge in [0.1, 0.15) is 30.5 Å². The Morgan fingerprint density at radius 1 is 1.03 bits per heavy atom. The summed E-state index contributed by atoms with van der Waals surface area (Å²) in [6.07, 6.45) is 0. The third-order valence-corrected chi connectivity index (χ3v) is 4.05. The largest absolute Gasteiger partial charge is 0.497 e. The summed E-state index contributed by atoms with van der Waals surface area (Å²) in [6.45, 7) is 0.244. The molecule has 0 spiro atoms. The SMILES string of the molecule is COc1ccc(-c2ccc(=O)n(CC(=O)NCCOc3ccc(F)cc3)n2)cc1. The molecule has 1 amide bonds. The van der Waals surface area contributed by atoms with Crippen LogP contribution in [0.25, 0.3) is 11.3 Å². The van der Waals surface area contributed by atoms with Crippen LogP contribution in [0.4, 0.5) is 4.39 Å². The first kappa shape index (κ1) is 20.1. The van der Waals surface area contributed by atoms with Crippen molar-refractivity contribution in [3.8, 4) is 22.8 Å². The molecule has 0 aliphatic rings. The Labute approximate surface area is 166 Å². The van der Waals surface area contributed by atoms with Gasteiger partial charge in [0.25, 0.3) is 5.56 Å². The maximum atomic E-state index is 12.8. The molecule has 1 N–H and O–H groups in total. The minimum atomic E-state index is -0.375. The van der Waals surface area contributed by atoms with E-state index in [4.69, 9.17) is 9.47 Å². The number of nitrogens with one attached hydrogen (secondary N) is 1. The average Bonchev–Trinajstić information content (AvgIpc) is 2.74. The van der Waals surface area contributed by atoms with Crippen LogP contribution in [-0.4, -0.2) is 35.9 Å². The van der Waals surface area contributed by atoms with Crippen molar-refractivity contribution in [1.82, 2.24) is 15.1 Å². The number of aromatic nitrogens is 2. The van der Waals surface area contributed by atoms with Gasteiger partial charge in [0.05, 0.1) is 19.3 Å². The second kappa shape index (κ2) is 9.50. The van der Waals surface area contributed by atoms with Crippen LogP contribution in [0.3, 0.4) is 0 Å². The van der Waals surface area contributed by atoms with Gasteiger partial charge in [0, 0.05) is 11.6 Å². The molecule has 29 heavy (non-hydrogen) atoms. The van der Waals surface area contributed by atoms with Crippen molar-refractivity contribution in [2.75, 3.05) is 20.3 Å². The molecule has 8 heteroatoms. The van der Waals surface area contributed by atoms with Gasteiger partial charge in [0.15, 0.2) is 0 Å². The fourth-order valence-electron chi connectivity index (χ4n) is 2.56. The van der Waals surface area contributed by atoms with E-state index in [1.165, 1.54) is 30.3 Å². The molecule has 2 aromatic carbocycles. The van der Waals surface area contributed by atoms with Crippen LogP contribution >= 0.6 is 0 Å². The van der Waals surface area contributed by atoms with Gasteiger partial charge in [-0.3, -0.25) is 9.59 Å². The molecule has 0 aliphatic carbocycles. The number of amides is 1. The van der Waals surface area contributed by atoms with E-state index in [1.807, 2.05) is 12.1 Å².